The van der Waals surface area contributed by atoms with Crippen LogP contribution < -0.4 is 10.6 Å². The number of aromatic nitrogens is 2. The Morgan fingerprint density at radius 1 is 1.18 bits per heavy atom. The molecule has 116 valence electrons. The van der Waals surface area contributed by atoms with Crippen LogP contribution in [0.15, 0.2) is 42.5 Å². The molecule has 0 aliphatic rings. The summed E-state index contributed by atoms with van der Waals surface area (Å²) in [5.74, 6) is 0.372. The molecule has 2 N–H and O–H groups in total. The summed E-state index contributed by atoms with van der Waals surface area (Å²) in [6.07, 6.45) is 0. The zero-order valence-corrected chi connectivity index (χ0v) is 12.7. The van der Waals surface area contributed by atoms with Gasteiger partial charge in [0.05, 0.1) is 12.6 Å². The van der Waals surface area contributed by atoms with Gasteiger partial charge in [-0.25, -0.2) is 0 Å². The number of hydrogen-bond donors (Lipinski definition) is 2. The van der Waals surface area contributed by atoms with Crippen molar-refractivity contribution < 1.29 is 9.53 Å². The van der Waals surface area contributed by atoms with E-state index in [4.69, 9.17) is 4.74 Å². The van der Waals surface area contributed by atoms with Gasteiger partial charge in [0.2, 0.25) is 0 Å². The molecule has 0 spiro atoms. The molecule has 0 bridgehead atoms. The molecule has 6 nitrogen and oxygen atoms in total. The summed E-state index contributed by atoms with van der Waals surface area (Å²) >= 11 is 0. The lowest BCUT2D eigenvalue weighted by molar-refractivity contribution is 0.0934. The van der Waals surface area contributed by atoms with Crippen LogP contribution in [0.25, 0.3) is 0 Å². The molecular weight excluding hydrogens is 280 g/mol. The summed E-state index contributed by atoms with van der Waals surface area (Å²) in [4.78, 5) is 12.1. The third kappa shape index (κ3) is 4.53. The summed E-state index contributed by atoms with van der Waals surface area (Å²) < 4.78 is 4.94. The molecule has 0 radical (unpaired) electrons. The summed E-state index contributed by atoms with van der Waals surface area (Å²) in [6.45, 7) is 3.15. The summed E-state index contributed by atoms with van der Waals surface area (Å²) in [5.41, 5.74) is 1.33. The van der Waals surface area contributed by atoms with Crippen molar-refractivity contribution in [1.82, 2.24) is 15.5 Å². The quantitative estimate of drug-likeness (QED) is 0.765. The van der Waals surface area contributed by atoms with Gasteiger partial charge in [-0.3, -0.25) is 4.79 Å². The molecule has 1 aromatic heterocycles. The van der Waals surface area contributed by atoms with Crippen LogP contribution in [0, 0.1) is 0 Å². The summed E-state index contributed by atoms with van der Waals surface area (Å²) in [5, 5.41) is 13.9. The van der Waals surface area contributed by atoms with Crippen LogP contribution in [0.4, 0.5) is 5.82 Å². The average Bonchev–Trinajstić information content (AvgIpc) is 2.56. The third-order valence-corrected chi connectivity index (χ3v) is 3.16. The van der Waals surface area contributed by atoms with E-state index in [0.29, 0.717) is 24.7 Å². The van der Waals surface area contributed by atoms with Crippen LogP contribution in [-0.4, -0.2) is 36.4 Å². The van der Waals surface area contributed by atoms with Crippen molar-refractivity contribution in [3.63, 3.8) is 0 Å². The van der Waals surface area contributed by atoms with Crippen LogP contribution in [-0.2, 0) is 4.74 Å². The fourth-order valence-electron chi connectivity index (χ4n) is 1.92. The first kappa shape index (κ1) is 15.9. The largest absolute Gasteiger partial charge is 0.383 e. The van der Waals surface area contributed by atoms with Gasteiger partial charge in [-0.2, -0.15) is 0 Å². The van der Waals surface area contributed by atoms with Crippen LogP contribution in [0.5, 0.6) is 0 Å². The molecule has 0 aliphatic heterocycles. The number of amides is 1. The molecule has 0 saturated heterocycles. The Hall–Kier alpha value is -2.47. The van der Waals surface area contributed by atoms with Gasteiger partial charge in [-0.15, -0.1) is 10.2 Å². The lowest BCUT2D eigenvalue weighted by Crippen LogP contribution is -2.27. The van der Waals surface area contributed by atoms with Crippen molar-refractivity contribution in [2.24, 2.45) is 0 Å². The number of carbonyl (C=O) groups is 1. The van der Waals surface area contributed by atoms with Crippen molar-refractivity contribution in [1.29, 1.82) is 0 Å². The Morgan fingerprint density at radius 3 is 2.59 bits per heavy atom. The number of rotatable bonds is 7. The van der Waals surface area contributed by atoms with Gasteiger partial charge in [0.15, 0.2) is 5.69 Å². The van der Waals surface area contributed by atoms with E-state index in [1.807, 2.05) is 37.3 Å². The highest BCUT2D eigenvalue weighted by atomic mass is 16.5. The van der Waals surface area contributed by atoms with Gasteiger partial charge in [0.1, 0.15) is 5.82 Å². The van der Waals surface area contributed by atoms with E-state index >= 15 is 0 Å². The second kappa shape index (κ2) is 8.09. The van der Waals surface area contributed by atoms with Gasteiger partial charge in [0, 0.05) is 13.7 Å². The maximum Gasteiger partial charge on any atom is 0.272 e. The van der Waals surface area contributed by atoms with E-state index < -0.39 is 0 Å². The summed E-state index contributed by atoms with van der Waals surface area (Å²) in [6, 6.07) is 13.1. The van der Waals surface area contributed by atoms with E-state index in [9.17, 15) is 4.79 Å². The maximum absolute atomic E-state index is 12.1. The summed E-state index contributed by atoms with van der Waals surface area (Å²) in [7, 11) is 1.63. The monoisotopic (exact) mass is 300 g/mol. The van der Waals surface area contributed by atoms with Crippen molar-refractivity contribution in [2.75, 3.05) is 25.6 Å². The Bertz CT molecular complexity index is 587. The SMILES string of the molecule is COCCNc1ccc(C(=O)NC(C)c2ccccc2)nn1. The molecule has 1 heterocycles. The fourth-order valence-corrected chi connectivity index (χ4v) is 1.92. The molecule has 6 heteroatoms. The van der Waals surface area contributed by atoms with E-state index in [2.05, 4.69) is 20.8 Å². The second-order valence-electron chi connectivity index (χ2n) is 4.83. The molecule has 0 fully saturated rings. The third-order valence-electron chi connectivity index (χ3n) is 3.16. The highest BCUT2D eigenvalue weighted by Gasteiger charge is 2.12. The smallest absolute Gasteiger partial charge is 0.272 e. The molecule has 1 aromatic carbocycles. The molecular formula is C16H20N4O2. The van der Waals surface area contributed by atoms with Crippen molar-refractivity contribution in [3.8, 4) is 0 Å². The van der Waals surface area contributed by atoms with E-state index in [-0.39, 0.29) is 11.9 Å². The Kier molecular flexibility index (Phi) is 5.85. The minimum Gasteiger partial charge on any atom is -0.383 e. The van der Waals surface area contributed by atoms with Gasteiger partial charge in [-0.05, 0) is 24.6 Å². The number of nitrogens with zero attached hydrogens (tertiary/aromatic N) is 2. The van der Waals surface area contributed by atoms with Crippen molar-refractivity contribution in [3.05, 3.63) is 53.7 Å². The standard InChI is InChI=1S/C16H20N4O2/c1-12(13-6-4-3-5-7-13)18-16(21)14-8-9-15(20-19-14)17-10-11-22-2/h3-9,12H,10-11H2,1-2H3,(H,17,20)(H,18,21). The minimum atomic E-state index is -0.243. The first-order valence-corrected chi connectivity index (χ1v) is 7.13. The molecule has 1 amide bonds. The lowest BCUT2D eigenvalue weighted by atomic mass is 10.1. The second-order valence-corrected chi connectivity index (χ2v) is 4.83. The maximum atomic E-state index is 12.1. The van der Waals surface area contributed by atoms with E-state index in [1.54, 1.807) is 19.2 Å². The Labute approximate surface area is 129 Å². The molecule has 1 atom stereocenters. The first-order valence-electron chi connectivity index (χ1n) is 7.13. The molecule has 0 saturated carbocycles. The van der Waals surface area contributed by atoms with Gasteiger partial charge in [0.25, 0.3) is 5.91 Å². The van der Waals surface area contributed by atoms with E-state index in [0.717, 1.165) is 5.56 Å². The molecule has 2 rings (SSSR count). The van der Waals surface area contributed by atoms with Crippen molar-refractivity contribution >= 4 is 11.7 Å². The number of ether oxygens (including phenoxy) is 1. The minimum absolute atomic E-state index is 0.0880. The first-order chi connectivity index (χ1) is 10.7. The zero-order valence-electron chi connectivity index (χ0n) is 12.7. The number of benzene rings is 1. The molecule has 1 unspecified atom stereocenters. The van der Waals surface area contributed by atoms with Crippen LogP contribution in [0.2, 0.25) is 0 Å². The number of methoxy groups -OCH3 is 1. The predicted molar refractivity (Wildman–Crippen MR) is 84.7 cm³/mol. The van der Waals surface area contributed by atoms with Gasteiger partial charge >= 0.3 is 0 Å². The predicted octanol–water partition coefficient (Wildman–Crippen LogP) is 2.03. The highest BCUT2D eigenvalue weighted by Crippen LogP contribution is 2.12. The van der Waals surface area contributed by atoms with Crippen LogP contribution in [0.1, 0.15) is 29.0 Å². The van der Waals surface area contributed by atoms with Crippen LogP contribution >= 0.6 is 0 Å². The Morgan fingerprint density at radius 2 is 1.95 bits per heavy atom. The molecule has 0 aliphatic carbocycles. The fraction of sp³-hybridized carbons (Fsp3) is 0.312. The number of nitrogens with one attached hydrogen (secondary N) is 2. The van der Waals surface area contributed by atoms with Gasteiger partial charge in [-0.1, -0.05) is 30.3 Å². The zero-order chi connectivity index (χ0) is 15.8. The average molecular weight is 300 g/mol. The molecule has 22 heavy (non-hydrogen) atoms. The van der Waals surface area contributed by atoms with Crippen LogP contribution in [0.3, 0.4) is 0 Å². The lowest BCUT2D eigenvalue weighted by Gasteiger charge is -2.13. The normalized spacial score (nSPS) is 11.7. The van der Waals surface area contributed by atoms with Gasteiger partial charge < -0.3 is 15.4 Å². The topological polar surface area (TPSA) is 76.1 Å². The highest BCUT2D eigenvalue weighted by molar-refractivity contribution is 5.92. The molecule has 2 aromatic rings. The number of anilines is 1. The van der Waals surface area contributed by atoms with E-state index in [1.165, 1.54) is 0 Å². The van der Waals surface area contributed by atoms with Crippen molar-refractivity contribution in [2.45, 2.75) is 13.0 Å². The number of hydrogen-bond acceptors (Lipinski definition) is 5. The number of carbonyl (C=O) groups excluding carboxylic acids is 1. The Balaban J connectivity index is 1.92.